The van der Waals surface area contributed by atoms with E-state index < -0.39 is 10.0 Å². The van der Waals surface area contributed by atoms with Crippen LogP contribution in [-0.4, -0.2) is 33.2 Å². The lowest BCUT2D eigenvalue weighted by atomic mass is 10.1. The molecule has 0 fully saturated rings. The third kappa shape index (κ3) is 4.54. The zero-order chi connectivity index (χ0) is 14.5. The van der Waals surface area contributed by atoms with Gasteiger partial charge in [0.2, 0.25) is 10.0 Å². The predicted molar refractivity (Wildman–Crippen MR) is 78.7 cm³/mol. The van der Waals surface area contributed by atoms with E-state index in [4.69, 9.17) is 22.7 Å². The largest absolute Gasteiger partial charge is 0.389 e. The van der Waals surface area contributed by atoms with E-state index in [1.165, 1.54) is 6.07 Å². The Morgan fingerprint density at radius 3 is 2.68 bits per heavy atom. The molecule has 0 radical (unpaired) electrons. The van der Waals surface area contributed by atoms with Crippen molar-refractivity contribution in [1.82, 2.24) is 4.72 Å². The van der Waals surface area contributed by atoms with Crippen molar-refractivity contribution in [3.63, 3.8) is 0 Å². The highest BCUT2D eigenvalue weighted by Gasteiger charge is 2.16. The number of nitrogens with one attached hydrogen (secondary N) is 1. The van der Waals surface area contributed by atoms with Gasteiger partial charge < -0.3 is 10.5 Å². The number of thiocarbonyl (C=S) groups is 1. The third-order valence-corrected chi connectivity index (χ3v) is 4.35. The summed E-state index contributed by atoms with van der Waals surface area (Å²) < 4.78 is 31.7. The summed E-state index contributed by atoms with van der Waals surface area (Å²) in [4.78, 5) is 0.473. The van der Waals surface area contributed by atoms with Crippen molar-refractivity contribution < 1.29 is 13.2 Å². The van der Waals surface area contributed by atoms with Gasteiger partial charge in [-0.05, 0) is 31.5 Å². The van der Waals surface area contributed by atoms with E-state index in [0.29, 0.717) is 24.3 Å². The summed E-state index contributed by atoms with van der Waals surface area (Å²) in [5.74, 6) is 0. The van der Waals surface area contributed by atoms with Gasteiger partial charge >= 0.3 is 0 Å². The van der Waals surface area contributed by atoms with Gasteiger partial charge in [-0.3, -0.25) is 0 Å². The standard InChI is InChI=1S/C12H18N2O3S2/c1-3-17-7-6-14-19(15,16)11-5-4-10(12(13)18)8-9(11)2/h4-5,8,14H,3,6-7H2,1-2H3,(H2,13,18). The highest BCUT2D eigenvalue weighted by atomic mass is 32.2. The maximum Gasteiger partial charge on any atom is 0.240 e. The van der Waals surface area contributed by atoms with Crippen LogP contribution >= 0.6 is 12.2 Å². The van der Waals surface area contributed by atoms with Gasteiger partial charge in [-0.2, -0.15) is 0 Å². The molecule has 0 saturated heterocycles. The average Bonchev–Trinajstić information content (AvgIpc) is 2.34. The fourth-order valence-corrected chi connectivity index (χ4v) is 2.94. The SMILES string of the molecule is CCOCCNS(=O)(=O)c1ccc(C(N)=S)cc1C. The molecule has 0 aliphatic carbocycles. The molecule has 7 heteroatoms. The Morgan fingerprint density at radius 2 is 2.16 bits per heavy atom. The van der Waals surface area contributed by atoms with Crippen molar-refractivity contribution in [3.05, 3.63) is 29.3 Å². The minimum Gasteiger partial charge on any atom is -0.389 e. The quantitative estimate of drug-likeness (QED) is 0.579. The summed E-state index contributed by atoms with van der Waals surface area (Å²) in [5, 5.41) is 0. The van der Waals surface area contributed by atoms with Crippen molar-refractivity contribution in [2.24, 2.45) is 5.73 Å². The third-order valence-electron chi connectivity index (χ3n) is 2.49. The molecule has 1 aromatic carbocycles. The monoisotopic (exact) mass is 302 g/mol. The van der Waals surface area contributed by atoms with Crippen LogP contribution in [0.1, 0.15) is 18.1 Å². The topological polar surface area (TPSA) is 81.4 Å². The van der Waals surface area contributed by atoms with Crippen molar-refractivity contribution in [2.45, 2.75) is 18.7 Å². The number of nitrogens with two attached hydrogens (primary N) is 1. The molecule has 0 aliphatic rings. The van der Waals surface area contributed by atoms with E-state index in [2.05, 4.69) is 4.72 Å². The summed E-state index contributed by atoms with van der Waals surface area (Å²) in [6.07, 6.45) is 0. The highest BCUT2D eigenvalue weighted by molar-refractivity contribution is 7.89. The van der Waals surface area contributed by atoms with E-state index in [0.717, 1.165) is 0 Å². The van der Waals surface area contributed by atoms with Gasteiger partial charge in [0.25, 0.3) is 0 Å². The minimum atomic E-state index is -3.53. The Morgan fingerprint density at radius 1 is 1.47 bits per heavy atom. The summed E-state index contributed by atoms with van der Waals surface area (Å²) in [7, 11) is -3.53. The molecule has 19 heavy (non-hydrogen) atoms. The van der Waals surface area contributed by atoms with Gasteiger partial charge in [-0.1, -0.05) is 18.3 Å². The van der Waals surface area contributed by atoms with Crippen molar-refractivity contribution >= 4 is 27.2 Å². The van der Waals surface area contributed by atoms with Crippen molar-refractivity contribution in [2.75, 3.05) is 19.8 Å². The zero-order valence-corrected chi connectivity index (χ0v) is 12.6. The molecular weight excluding hydrogens is 284 g/mol. The lowest BCUT2D eigenvalue weighted by Crippen LogP contribution is -2.28. The average molecular weight is 302 g/mol. The van der Waals surface area contributed by atoms with Crippen LogP contribution in [0.3, 0.4) is 0 Å². The van der Waals surface area contributed by atoms with Crippen molar-refractivity contribution in [3.8, 4) is 0 Å². The second-order valence-electron chi connectivity index (χ2n) is 3.94. The molecule has 0 bridgehead atoms. The van der Waals surface area contributed by atoms with E-state index in [9.17, 15) is 8.42 Å². The minimum absolute atomic E-state index is 0.226. The van der Waals surface area contributed by atoms with Gasteiger partial charge in [0.1, 0.15) is 4.99 Å². The Bertz CT molecular complexity index is 556. The van der Waals surface area contributed by atoms with E-state index in [1.54, 1.807) is 19.1 Å². The number of aryl methyl sites for hydroxylation is 1. The molecule has 0 unspecified atom stereocenters. The van der Waals surface area contributed by atoms with E-state index in [1.807, 2.05) is 6.92 Å². The van der Waals surface area contributed by atoms with E-state index >= 15 is 0 Å². The number of sulfonamides is 1. The Hall–Kier alpha value is -1.02. The molecule has 0 heterocycles. The fraction of sp³-hybridized carbons (Fsp3) is 0.417. The summed E-state index contributed by atoms with van der Waals surface area (Å²) in [6.45, 7) is 4.71. The summed E-state index contributed by atoms with van der Waals surface area (Å²) in [5.41, 5.74) is 6.76. The van der Waals surface area contributed by atoms with Crippen LogP contribution in [-0.2, 0) is 14.8 Å². The molecule has 0 aromatic heterocycles. The molecular formula is C12H18N2O3S2. The maximum absolute atomic E-state index is 12.1. The molecule has 1 aromatic rings. The molecule has 106 valence electrons. The second kappa shape index (κ2) is 6.95. The molecule has 0 amide bonds. The number of ether oxygens (including phenoxy) is 1. The van der Waals surface area contributed by atoms with Gasteiger partial charge in [-0.15, -0.1) is 0 Å². The Labute approximate surface area is 119 Å². The van der Waals surface area contributed by atoms with Crippen LogP contribution in [0, 0.1) is 6.92 Å². The first-order chi connectivity index (χ1) is 8.88. The molecule has 0 saturated carbocycles. The Balaban J connectivity index is 2.87. The van der Waals surface area contributed by atoms with Gasteiger partial charge in [-0.25, -0.2) is 13.1 Å². The fourth-order valence-electron chi connectivity index (χ4n) is 1.57. The lowest BCUT2D eigenvalue weighted by Gasteiger charge is -2.10. The zero-order valence-electron chi connectivity index (χ0n) is 11.0. The van der Waals surface area contributed by atoms with Crippen LogP contribution < -0.4 is 10.5 Å². The first kappa shape index (κ1) is 16.0. The first-order valence-electron chi connectivity index (χ1n) is 5.86. The van der Waals surface area contributed by atoms with Crippen LogP contribution in [0.2, 0.25) is 0 Å². The number of hydrogen-bond donors (Lipinski definition) is 2. The maximum atomic E-state index is 12.1. The van der Waals surface area contributed by atoms with Crippen LogP contribution in [0.5, 0.6) is 0 Å². The number of hydrogen-bond acceptors (Lipinski definition) is 4. The van der Waals surface area contributed by atoms with E-state index in [-0.39, 0.29) is 16.4 Å². The van der Waals surface area contributed by atoms with Crippen LogP contribution in [0.4, 0.5) is 0 Å². The van der Waals surface area contributed by atoms with Gasteiger partial charge in [0.05, 0.1) is 11.5 Å². The summed E-state index contributed by atoms with van der Waals surface area (Å²) in [6, 6.07) is 4.78. The molecule has 1 rings (SSSR count). The smallest absolute Gasteiger partial charge is 0.240 e. The Kier molecular flexibility index (Phi) is 5.86. The highest BCUT2D eigenvalue weighted by Crippen LogP contribution is 2.16. The predicted octanol–water partition coefficient (Wildman–Crippen LogP) is 0.944. The molecule has 0 atom stereocenters. The summed E-state index contributed by atoms with van der Waals surface area (Å²) >= 11 is 4.85. The van der Waals surface area contributed by atoms with Gasteiger partial charge in [0.15, 0.2) is 0 Å². The molecule has 3 N–H and O–H groups in total. The number of benzene rings is 1. The van der Waals surface area contributed by atoms with Crippen LogP contribution in [0.25, 0.3) is 0 Å². The van der Waals surface area contributed by atoms with Gasteiger partial charge in [0, 0.05) is 18.7 Å². The number of rotatable bonds is 7. The normalized spacial score (nSPS) is 11.5. The molecule has 0 spiro atoms. The molecule has 5 nitrogen and oxygen atoms in total. The van der Waals surface area contributed by atoms with Crippen LogP contribution in [0.15, 0.2) is 23.1 Å². The first-order valence-corrected chi connectivity index (χ1v) is 7.75. The second-order valence-corrected chi connectivity index (χ2v) is 6.11. The molecule has 0 aliphatic heterocycles. The lowest BCUT2D eigenvalue weighted by molar-refractivity contribution is 0.153. The van der Waals surface area contributed by atoms with Crippen molar-refractivity contribution in [1.29, 1.82) is 0 Å².